The average molecular weight is 430 g/mol. The summed E-state index contributed by atoms with van der Waals surface area (Å²) in [6.07, 6.45) is 0.690. The van der Waals surface area contributed by atoms with Crippen LogP contribution in [0.4, 0.5) is 0 Å². The minimum atomic E-state index is -0.994. The number of carboxylic acid groups (broad SMARTS) is 1. The summed E-state index contributed by atoms with van der Waals surface area (Å²) in [7, 11) is 0. The summed E-state index contributed by atoms with van der Waals surface area (Å²) in [4.78, 5) is 27.4. The van der Waals surface area contributed by atoms with Crippen molar-refractivity contribution in [2.75, 3.05) is 6.54 Å². The van der Waals surface area contributed by atoms with Crippen LogP contribution in [0.1, 0.15) is 35.4 Å². The molecule has 1 N–H and O–H groups in total. The normalized spacial score (nSPS) is 18.5. The predicted molar refractivity (Wildman–Crippen MR) is 122 cm³/mol. The molecular formula is C27H27NO4. The van der Waals surface area contributed by atoms with Crippen molar-refractivity contribution < 1.29 is 19.4 Å². The number of amides is 1. The van der Waals surface area contributed by atoms with Gasteiger partial charge in [-0.1, -0.05) is 91.0 Å². The Labute approximate surface area is 188 Å². The van der Waals surface area contributed by atoms with Gasteiger partial charge in [0.1, 0.15) is 6.04 Å². The van der Waals surface area contributed by atoms with Crippen LogP contribution in [0.2, 0.25) is 0 Å². The molecule has 5 heteroatoms. The zero-order chi connectivity index (χ0) is 22.3. The maximum atomic E-state index is 13.7. The zero-order valence-corrected chi connectivity index (χ0v) is 17.8. The first-order valence-corrected chi connectivity index (χ1v) is 10.9. The number of nitrogens with zero attached hydrogens (tertiary/aromatic N) is 1. The molecule has 2 atom stereocenters. The number of rotatable bonds is 7. The lowest BCUT2D eigenvalue weighted by atomic mass is 9.88. The van der Waals surface area contributed by atoms with E-state index in [1.54, 1.807) is 0 Å². The van der Waals surface area contributed by atoms with E-state index in [9.17, 15) is 14.7 Å². The highest BCUT2D eigenvalue weighted by Crippen LogP contribution is 2.31. The fraction of sp³-hybridized carbons (Fsp3) is 0.259. The Morgan fingerprint density at radius 3 is 1.94 bits per heavy atom. The average Bonchev–Trinajstić information content (AvgIpc) is 2.84. The molecule has 1 fully saturated rings. The maximum Gasteiger partial charge on any atom is 0.326 e. The molecule has 32 heavy (non-hydrogen) atoms. The van der Waals surface area contributed by atoms with E-state index in [4.69, 9.17) is 4.74 Å². The minimum Gasteiger partial charge on any atom is -0.480 e. The van der Waals surface area contributed by atoms with Crippen molar-refractivity contribution in [1.29, 1.82) is 0 Å². The van der Waals surface area contributed by atoms with Crippen molar-refractivity contribution in [3.8, 4) is 0 Å². The number of hydrogen-bond donors (Lipinski definition) is 1. The highest BCUT2D eigenvalue weighted by Gasteiger charge is 2.39. The van der Waals surface area contributed by atoms with Gasteiger partial charge in [0.25, 0.3) is 0 Å². The van der Waals surface area contributed by atoms with E-state index in [1.165, 1.54) is 4.90 Å². The van der Waals surface area contributed by atoms with Crippen molar-refractivity contribution in [2.24, 2.45) is 0 Å². The van der Waals surface area contributed by atoms with E-state index in [0.717, 1.165) is 16.7 Å². The van der Waals surface area contributed by atoms with Crippen molar-refractivity contribution in [3.63, 3.8) is 0 Å². The van der Waals surface area contributed by atoms with Crippen molar-refractivity contribution in [1.82, 2.24) is 4.90 Å². The summed E-state index contributed by atoms with van der Waals surface area (Å²) < 4.78 is 6.01. The molecule has 0 unspecified atom stereocenters. The van der Waals surface area contributed by atoms with Gasteiger partial charge in [0, 0.05) is 13.0 Å². The fourth-order valence-corrected chi connectivity index (χ4v) is 4.31. The molecule has 0 bridgehead atoms. The Kier molecular flexibility index (Phi) is 6.97. The van der Waals surface area contributed by atoms with Crippen LogP contribution in [0.25, 0.3) is 0 Å². The lowest BCUT2D eigenvalue weighted by Gasteiger charge is -2.39. The molecule has 1 heterocycles. The first kappa shape index (κ1) is 21.8. The highest BCUT2D eigenvalue weighted by atomic mass is 16.5. The van der Waals surface area contributed by atoms with Crippen LogP contribution >= 0.6 is 0 Å². The van der Waals surface area contributed by atoms with Gasteiger partial charge >= 0.3 is 5.97 Å². The van der Waals surface area contributed by atoms with E-state index in [1.807, 2.05) is 91.0 Å². The number of hydrogen-bond acceptors (Lipinski definition) is 3. The van der Waals surface area contributed by atoms with Crippen LogP contribution in [0.3, 0.4) is 0 Å². The molecule has 1 amide bonds. The molecule has 3 aromatic carbocycles. The molecule has 0 radical (unpaired) electrons. The summed E-state index contributed by atoms with van der Waals surface area (Å²) in [6.45, 7) is 0.786. The number of piperidine rings is 1. The topological polar surface area (TPSA) is 66.8 Å². The molecule has 1 aliphatic rings. The zero-order valence-electron chi connectivity index (χ0n) is 17.8. The maximum absolute atomic E-state index is 13.7. The van der Waals surface area contributed by atoms with Crippen LogP contribution < -0.4 is 0 Å². The number of carbonyl (C=O) groups excluding carboxylic acids is 1. The van der Waals surface area contributed by atoms with E-state index >= 15 is 0 Å². The number of benzene rings is 3. The summed E-state index contributed by atoms with van der Waals surface area (Å²) >= 11 is 0. The number of aliphatic carboxylic acids is 1. The predicted octanol–water partition coefficient (Wildman–Crippen LogP) is 4.48. The van der Waals surface area contributed by atoms with Crippen molar-refractivity contribution >= 4 is 11.9 Å². The van der Waals surface area contributed by atoms with Gasteiger partial charge in [0.15, 0.2) is 0 Å². The first-order chi connectivity index (χ1) is 15.6. The Morgan fingerprint density at radius 2 is 1.41 bits per heavy atom. The van der Waals surface area contributed by atoms with Gasteiger partial charge in [-0.05, 0) is 23.1 Å². The Morgan fingerprint density at radius 1 is 0.875 bits per heavy atom. The summed E-state index contributed by atoms with van der Waals surface area (Å²) in [6, 6.07) is 28.0. The van der Waals surface area contributed by atoms with Gasteiger partial charge in [0.2, 0.25) is 5.91 Å². The minimum absolute atomic E-state index is 0.184. The number of ether oxygens (including phenoxy) is 1. The van der Waals surface area contributed by atoms with Gasteiger partial charge in [-0.2, -0.15) is 0 Å². The van der Waals surface area contributed by atoms with Crippen LogP contribution in [0, 0.1) is 0 Å². The molecule has 5 nitrogen and oxygen atoms in total. The summed E-state index contributed by atoms with van der Waals surface area (Å²) in [5.74, 6) is -1.72. The molecule has 0 saturated carbocycles. The van der Waals surface area contributed by atoms with E-state index in [0.29, 0.717) is 19.6 Å². The third-order valence-corrected chi connectivity index (χ3v) is 5.96. The van der Waals surface area contributed by atoms with Gasteiger partial charge in [-0.3, -0.25) is 4.79 Å². The monoisotopic (exact) mass is 429 g/mol. The highest BCUT2D eigenvalue weighted by molar-refractivity contribution is 5.91. The van der Waals surface area contributed by atoms with Gasteiger partial charge in [-0.15, -0.1) is 0 Å². The Balaban J connectivity index is 1.53. The molecule has 4 rings (SSSR count). The fourth-order valence-electron chi connectivity index (χ4n) is 4.31. The van der Waals surface area contributed by atoms with Crippen LogP contribution in [0.15, 0.2) is 91.0 Å². The number of likely N-dealkylation sites (tertiary alicyclic amines) is 1. The largest absolute Gasteiger partial charge is 0.480 e. The second-order valence-electron chi connectivity index (χ2n) is 8.08. The standard InChI is InChI=1S/C27H27NO4/c29-26(25(21-12-6-2-7-13-21)22-14-8-3-9-15-22)28-17-16-23(18-24(28)27(30)31)32-19-20-10-4-1-5-11-20/h1-15,23-25H,16-19H2,(H,30,31)/t23-,24-/m0/s1. The SMILES string of the molecule is O=C(O)[C@@H]1C[C@@H](OCc2ccccc2)CCN1C(=O)C(c1ccccc1)c1ccccc1. The van der Waals surface area contributed by atoms with Crippen molar-refractivity contribution in [2.45, 2.75) is 37.5 Å². The molecule has 1 saturated heterocycles. The van der Waals surface area contributed by atoms with Crippen molar-refractivity contribution in [3.05, 3.63) is 108 Å². The Hall–Kier alpha value is -3.44. The molecule has 0 spiro atoms. The second-order valence-corrected chi connectivity index (χ2v) is 8.08. The first-order valence-electron chi connectivity index (χ1n) is 10.9. The molecule has 1 aliphatic heterocycles. The van der Waals surface area contributed by atoms with E-state index in [2.05, 4.69) is 0 Å². The van der Waals surface area contributed by atoms with Gasteiger partial charge < -0.3 is 14.7 Å². The summed E-state index contributed by atoms with van der Waals surface area (Å²) in [5, 5.41) is 9.93. The van der Waals surface area contributed by atoms with Gasteiger partial charge in [-0.25, -0.2) is 4.79 Å². The smallest absolute Gasteiger partial charge is 0.326 e. The third-order valence-electron chi connectivity index (χ3n) is 5.96. The lowest BCUT2D eigenvalue weighted by molar-refractivity contribution is -0.156. The second kappa shape index (κ2) is 10.2. The molecule has 164 valence electrons. The van der Waals surface area contributed by atoms with Crippen LogP contribution in [0.5, 0.6) is 0 Å². The van der Waals surface area contributed by atoms with E-state index < -0.39 is 17.9 Å². The molecule has 0 aromatic heterocycles. The third kappa shape index (κ3) is 5.06. The number of carboxylic acids is 1. The molecular weight excluding hydrogens is 402 g/mol. The number of carbonyl (C=O) groups is 2. The molecule has 0 aliphatic carbocycles. The van der Waals surface area contributed by atoms with Crippen LogP contribution in [-0.2, 0) is 20.9 Å². The van der Waals surface area contributed by atoms with Crippen LogP contribution in [-0.4, -0.2) is 40.6 Å². The quantitative estimate of drug-likeness (QED) is 0.601. The summed E-state index contributed by atoms with van der Waals surface area (Å²) in [5.41, 5.74) is 2.76. The Bertz CT molecular complexity index is 984. The lowest BCUT2D eigenvalue weighted by Crippen LogP contribution is -2.53. The molecule has 3 aromatic rings. The van der Waals surface area contributed by atoms with Gasteiger partial charge in [0.05, 0.1) is 18.6 Å². The van der Waals surface area contributed by atoms with E-state index in [-0.39, 0.29) is 18.4 Å².